The van der Waals surface area contributed by atoms with E-state index in [1.165, 1.54) is 0 Å². The first-order valence-corrected chi connectivity index (χ1v) is 8.39. The van der Waals surface area contributed by atoms with Crippen molar-refractivity contribution in [3.05, 3.63) is 28.0 Å². The second-order valence-corrected chi connectivity index (χ2v) is 7.53. The number of ether oxygens (including phenoxy) is 1. The van der Waals surface area contributed by atoms with E-state index in [4.69, 9.17) is 4.74 Å². The van der Waals surface area contributed by atoms with Crippen molar-refractivity contribution in [1.82, 2.24) is 15.6 Å². The number of aromatic nitrogens is 1. The minimum Gasteiger partial charge on any atom is -0.444 e. The number of halogens is 1. The molecule has 2 rings (SSSR count). The van der Waals surface area contributed by atoms with Gasteiger partial charge in [0.15, 0.2) is 0 Å². The molecule has 0 aromatic carbocycles. The number of nitrogens with one attached hydrogen (secondary N) is 2. The fourth-order valence-corrected chi connectivity index (χ4v) is 2.79. The number of aryl methyl sites for hydroxylation is 1. The summed E-state index contributed by atoms with van der Waals surface area (Å²) in [6, 6.07) is 3.79. The standard InChI is InChI=1S/C16H24BrN3O2/c1-10-12(17)5-6-13(19-10)14(11-7-8-18-9-11)20-15(21)22-16(2,3)4/h5-6,11,14,18H,7-9H2,1-4H3,(H,20,21). The zero-order chi connectivity index (χ0) is 16.3. The summed E-state index contributed by atoms with van der Waals surface area (Å²) in [7, 11) is 0. The molecule has 0 saturated carbocycles. The lowest BCUT2D eigenvalue weighted by Crippen LogP contribution is -2.38. The van der Waals surface area contributed by atoms with Gasteiger partial charge in [0.05, 0.1) is 17.4 Å². The number of rotatable bonds is 3. The zero-order valence-electron chi connectivity index (χ0n) is 13.6. The molecule has 1 aromatic rings. The maximum atomic E-state index is 12.2. The van der Waals surface area contributed by atoms with E-state index in [-0.39, 0.29) is 6.04 Å². The Kier molecular flexibility index (Phi) is 5.45. The van der Waals surface area contributed by atoms with Crippen LogP contribution in [0.15, 0.2) is 16.6 Å². The van der Waals surface area contributed by atoms with Crippen LogP contribution in [-0.2, 0) is 4.74 Å². The van der Waals surface area contributed by atoms with E-state index in [0.717, 1.165) is 35.4 Å². The van der Waals surface area contributed by atoms with Gasteiger partial charge >= 0.3 is 6.09 Å². The van der Waals surface area contributed by atoms with E-state index in [9.17, 15) is 4.79 Å². The van der Waals surface area contributed by atoms with Crippen LogP contribution >= 0.6 is 15.9 Å². The van der Waals surface area contributed by atoms with Gasteiger partial charge < -0.3 is 15.4 Å². The molecule has 2 heterocycles. The predicted molar refractivity (Wildman–Crippen MR) is 89.8 cm³/mol. The molecule has 0 aliphatic carbocycles. The van der Waals surface area contributed by atoms with Crippen LogP contribution in [0.5, 0.6) is 0 Å². The Morgan fingerprint density at radius 1 is 1.50 bits per heavy atom. The van der Waals surface area contributed by atoms with Crippen LogP contribution in [0, 0.1) is 12.8 Å². The number of alkyl carbamates (subject to hydrolysis) is 1. The molecular weight excluding hydrogens is 346 g/mol. The molecule has 122 valence electrons. The summed E-state index contributed by atoms with van der Waals surface area (Å²) in [5, 5.41) is 6.34. The molecule has 1 aliphatic heterocycles. The van der Waals surface area contributed by atoms with Gasteiger partial charge in [0.25, 0.3) is 0 Å². The van der Waals surface area contributed by atoms with Crippen LogP contribution in [0.25, 0.3) is 0 Å². The number of amides is 1. The summed E-state index contributed by atoms with van der Waals surface area (Å²) in [6.45, 7) is 9.37. The lowest BCUT2D eigenvalue weighted by Gasteiger charge is -2.27. The van der Waals surface area contributed by atoms with Crippen LogP contribution in [0.2, 0.25) is 0 Å². The van der Waals surface area contributed by atoms with Crippen molar-refractivity contribution in [3.8, 4) is 0 Å². The van der Waals surface area contributed by atoms with E-state index in [2.05, 4.69) is 31.5 Å². The topological polar surface area (TPSA) is 63.2 Å². The first-order chi connectivity index (χ1) is 10.3. The van der Waals surface area contributed by atoms with Crippen LogP contribution in [-0.4, -0.2) is 29.8 Å². The molecule has 1 amide bonds. The largest absolute Gasteiger partial charge is 0.444 e. The van der Waals surface area contributed by atoms with Crippen molar-refractivity contribution in [2.75, 3.05) is 13.1 Å². The van der Waals surface area contributed by atoms with Gasteiger partial charge in [0.2, 0.25) is 0 Å². The number of nitrogens with zero attached hydrogens (tertiary/aromatic N) is 1. The lowest BCUT2D eigenvalue weighted by atomic mass is 9.95. The first-order valence-electron chi connectivity index (χ1n) is 7.59. The molecule has 1 saturated heterocycles. The van der Waals surface area contributed by atoms with Crippen LogP contribution in [0.3, 0.4) is 0 Å². The molecule has 5 nitrogen and oxygen atoms in total. The van der Waals surface area contributed by atoms with Crippen molar-refractivity contribution in [2.45, 2.75) is 45.8 Å². The average Bonchev–Trinajstić information content (AvgIpc) is 2.91. The number of carbonyl (C=O) groups excluding carboxylic acids is 1. The van der Waals surface area contributed by atoms with Crippen LogP contribution in [0.1, 0.15) is 44.6 Å². The highest BCUT2D eigenvalue weighted by atomic mass is 79.9. The smallest absolute Gasteiger partial charge is 0.408 e. The zero-order valence-corrected chi connectivity index (χ0v) is 15.2. The van der Waals surface area contributed by atoms with E-state index in [1.54, 1.807) is 0 Å². The summed E-state index contributed by atoms with van der Waals surface area (Å²) < 4.78 is 6.37. The maximum absolute atomic E-state index is 12.2. The Labute approximate surface area is 140 Å². The lowest BCUT2D eigenvalue weighted by molar-refractivity contribution is 0.0485. The second kappa shape index (κ2) is 6.96. The molecular formula is C16H24BrN3O2. The Morgan fingerprint density at radius 2 is 2.23 bits per heavy atom. The molecule has 2 unspecified atom stereocenters. The number of hydrogen-bond donors (Lipinski definition) is 2. The minimum absolute atomic E-state index is 0.142. The predicted octanol–water partition coefficient (Wildman–Crippen LogP) is 3.33. The highest BCUT2D eigenvalue weighted by molar-refractivity contribution is 9.10. The summed E-state index contributed by atoms with van der Waals surface area (Å²) >= 11 is 3.47. The maximum Gasteiger partial charge on any atom is 0.408 e. The molecule has 1 fully saturated rings. The average molecular weight is 370 g/mol. The quantitative estimate of drug-likeness (QED) is 0.857. The molecule has 2 N–H and O–H groups in total. The molecule has 0 radical (unpaired) electrons. The Bertz CT molecular complexity index is 537. The third-order valence-electron chi connectivity index (χ3n) is 3.60. The highest BCUT2D eigenvalue weighted by Crippen LogP contribution is 2.27. The number of hydrogen-bond acceptors (Lipinski definition) is 4. The third kappa shape index (κ3) is 4.68. The molecule has 0 spiro atoms. The first kappa shape index (κ1) is 17.2. The van der Waals surface area contributed by atoms with Crippen molar-refractivity contribution < 1.29 is 9.53 Å². The van der Waals surface area contributed by atoms with Gasteiger partial charge in [-0.15, -0.1) is 0 Å². The summed E-state index contributed by atoms with van der Waals surface area (Å²) in [4.78, 5) is 16.8. The molecule has 1 aromatic heterocycles. The van der Waals surface area contributed by atoms with Crippen molar-refractivity contribution in [3.63, 3.8) is 0 Å². The van der Waals surface area contributed by atoms with Crippen molar-refractivity contribution in [2.24, 2.45) is 5.92 Å². The van der Waals surface area contributed by atoms with E-state index >= 15 is 0 Å². The molecule has 22 heavy (non-hydrogen) atoms. The minimum atomic E-state index is -0.508. The molecule has 0 bridgehead atoms. The monoisotopic (exact) mass is 369 g/mol. The van der Waals surface area contributed by atoms with Crippen molar-refractivity contribution in [1.29, 1.82) is 0 Å². The second-order valence-electron chi connectivity index (χ2n) is 6.68. The number of carbonyl (C=O) groups is 1. The van der Waals surface area contributed by atoms with Gasteiger partial charge in [-0.25, -0.2) is 4.79 Å². The molecule has 6 heteroatoms. The highest BCUT2D eigenvalue weighted by Gasteiger charge is 2.30. The molecule has 2 atom stereocenters. The van der Waals surface area contributed by atoms with E-state index in [0.29, 0.717) is 5.92 Å². The Balaban J connectivity index is 2.19. The summed E-state index contributed by atoms with van der Waals surface area (Å²) in [6.07, 6.45) is 0.615. The Morgan fingerprint density at radius 3 is 2.77 bits per heavy atom. The Hall–Kier alpha value is -1.14. The third-order valence-corrected chi connectivity index (χ3v) is 4.44. The fraction of sp³-hybridized carbons (Fsp3) is 0.625. The fourth-order valence-electron chi connectivity index (χ4n) is 2.57. The van der Waals surface area contributed by atoms with Crippen molar-refractivity contribution >= 4 is 22.0 Å². The SMILES string of the molecule is Cc1nc(C(NC(=O)OC(C)(C)C)C2CCNC2)ccc1Br. The molecule has 1 aliphatic rings. The van der Waals surface area contributed by atoms with Gasteiger partial charge in [-0.2, -0.15) is 0 Å². The van der Waals surface area contributed by atoms with Gasteiger partial charge in [-0.1, -0.05) is 0 Å². The summed E-state index contributed by atoms with van der Waals surface area (Å²) in [5.41, 5.74) is 1.28. The summed E-state index contributed by atoms with van der Waals surface area (Å²) in [5.74, 6) is 0.320. The number of pyridine rings is 1. The van der Waals surface area contributed by atoms with E-state index < -0.39 is 11.7 Å². The van der Waals surface area contributed by atoms with Crippen LogP contribution in [0.4, 0.5) is 4.79 Å². The van der Waals surface area contributed by atoms with Gasteiger partial charge in [0.1, 0.15) is 5.60 Å². The van der Waals surface area contributed by atoms with Gasteiger partial charge in [-0.3, -0.25) is 4.98 Å². The van der Waals surface area contributed by atoms with Gasteiger partial charge in [-0.05, 0) is 74.6 Å². The normalized spacial score (nSPS) is 19.8. The van der Waals surface area contributed by atoms with E-state index in [1.807, 2.05) is 39.8 Å². The van der Waals surface area contributed by atoms with Crippen LogP contribution < -0.4 is 10.6 Å². The van der Waals surface area contributed by atoms with Gasteiger partial charge in [0, 0.05) is 11.0 Å².